The Balaban J connectivity index is 2.63. The third kappa shape index (κ3) is 7.78. The zero-order chi connectivity index (χ0) is 25.0. The van der Waals surface area contributed by atoms with Crippen LogP contribution in [0.15, 0.2) is 53.6 Å². The number of hydrazone groups is 1. The van der Waals surface area contributed by atoms with E-state index >= 15 is 0 Å². The summed E-state index contributed by atoms with van der Waals surface area (Å²) >= 11 is 0. The van der Waals surface area contributed by atoms with Gasteiger partial charge in [0.2, 0.25) is 5.78 Å². The summed E-state index contributed by atoms with van der Waals surface area (Å²) in [4.78, 5) is 38.8. The second-order valence-corrected chi connectivity index (χ2v) is 9.06. The SMILES string of the molecule is CC(C)(C)OC(=O)N(/N=C(\C(=O)c1ccc(F)cc1)c1ccc(F)cc1)C(=O)OC(C)(C)C. The number of nitrogens with zero attached hydrogens (tertiary/aromatic N) is 2. The molecule has 0 aliphatic rings. The maximum atomic E-state index is 13.5. The molecule has 0 aliphatic carbocycles. The number of benzene rings is 2. The first-order chi connectivity index (χ1) is 15.2. The third-order valence-corrected chi connectivity index (χ3v) is 3.77. The molecule has 0 atom stereocenters. The molecule has 2 aromatic rings. The Morgan fingerprint density at radius 1 is 0.697 bits per heavy atom. The first-order valence-electron chi connectivity index (χ1n) is 10.1. The van der Waals surface area contributed by atoms with E-state index in [0.29, 0.717) is 5.01 Å². The van der Waals surface area contributed by atoms with Crippen LogP contribution in [0, 0.1) is 11.6 Å². The van der Waals surface area contributed by atoms with Gasteiger partial charge in [0.15, 0.2) is 0 Å². The maximum Gasteiger partial charge on any atom is 0.441 e. The van der Waals surface area contributed by atoms with Crippen LogP contribution in [0.4, 0.5) is 18.4 Å². The van der Waals surface area contributed by atoms with E-state index in [1.807, 2.05) is 0 Å². The lowest BCUT2D eigenvalue weighted by Gasteiger charge is -2.26. The highest BCUT2D eigenvalue weighted by Crippen LogP contribution is 2.18. The van der Waals surface area contributed by atoms with E-state index in [1.54, 1.807) is 41.5 Å². The van der Waals surface area contributed by atoms with Crippen LogP contribution in [0.5, 0.6) is 0 Å². The molecular formula is C24H26F2N2O5. The van der Waals surface area contributed by atoms with Crippen molar-refractivity contribution in [3.8, 4) is 0 Å². The summed E-state index contributed by atoms with van der Waals surface area (Å²) in [5.74, 6) is -1.86. The molecule has 0 bridgehead atoms. The average Bonchev–Trinajstić information content (AvgIpc) is 2.67. The van der Waals surface area contributed by atoms with Gasteiger partial charge in [-0.05, 0) is 90.1 Å². The molecule has 0 radical (unpaired) electrons. The number of ether oxygens (including phenoxy) is 2. The van der Waals surface area contributed by atoms with Gasteiger partial charge in [-0.3, -0.25) is 4.79 Å². The minimum absolute atomic E-state index is 0.0350. The monoisotopic (exact) mass is 460 g/mol. The Hall–Kier alpha value is -3.62. The molecule has 0 N–H and O–H groups in total. The highest BCUT2D eigenvalue weighted by Gasteiger charge is 2.33. The molecule has 2 aromatic carbocycles. The van der Waals surface area contributed by atoms with Gasteiger partial charge in [-0.2, -0.15) is 5.10 Å². The highest BCUT2D eigenvalue weighted by molar-refractivity contribution is 6.51. The molecule has 176 valence electrons. The standard InChI is InChI=1S/C24H26F2N2O5/c1-23(2,3)32-21(30)28(22(31)33-24(4,5)6)27-19(15-7-11-17(25)12-8-15)20(29)16-9-13-18(26)14-10-16/h7-14H,1-6H3/b27-19-. The Bertz CT molecular complexity index is 1020. The Morgan fingerprint density at radius 2 is 1.06 bits per heavy atom. The molecule has 33 heavy (non-hydrogen) atoms. The zero-order valence-corrected chi connectivity index (χ0v) is 19.3. The Morgan fingerprint density at radius 3 is 1.42 bits per heavy atom. The lowest BCUT2D eigenvalue weighted by molar-refractivity contribution is 0.00194. The smallest absolute Gasteiger partial charge is 0.441 e. The van der Waals surface area contributed by atoms with Crippen molar-refractivity contribution in [3.63, 3.8) is 0 Å². The van der Waals surface area contributed by atoms with Crippen LogP contribution in [0.25, 0.3) is 0 Å². The van der Waals surface area contributed by atoms with Crippen molar-refractivity contribution < 1.29 is 32.6 Å². The van der Waals surface area contributed by atoms with Crippen LogP contribution in [0.2, 0.25) is 0 Å². The number of Topliss-reactive ketones (excluding diaryl/α,β-unsaturated/α-hetero) is 1. The van der Waals surface area contributed by atoms with Gasteiger partial charge in [0.1, 0.15) is 28.5 Å². The van der Waals surface area contributed by atoms with Crippen LogP contribution in [-0.2, 0) is 9.47 Å². The second-order valence-electron chi connectivity index (χ2n) is 9.06. The number of carbonyl (C=O) groups is 3. The summed E-state index contributed by atoms with van der Waals surface area (Å²) in [5, 5.41) is 4.28. The number of carbonyl (C=O) groups excluding carboxylic acids is 3. The van der Waals surface area contributed by atoms with Gasteiger partial charge in [0.25, 0.3) is 0 Å². The fraction of sp³-hybridized carbons (Fsp3) is 0.333. The second kappa shape index (κ2) is 9.89. The Kier molecular flexibility index (Phi) is 7.68. The van der Waals surface area contributed by atoms with E-state index in [0.717, 1.165) is 24.3 Å². The molecule has 7 nitrogen and oxygen atoms in total. The molecule has 2 rings (SSSR count). The molecule has 0 unspecified atom stereocenters. The fourth-order valence-electron chi connectivity index (χ4n) is 2.45. The van der Waals surface area contributed by atoms with Crippen molar-refractivity contribution in [2.45, 2.75) is 52.7 Å². The molecule has 0 fully saturated rings. The minimum atomic E-state index is -1.18. The lowest BCUT2D eigenvalue weighted by Crippen LogP contribution is -2.41. The predicted octanol–water partition coefficient (Wildman–Crippen LogP) is 5.72. The number of rotatable bonds is 4. The molecule has 9 heteroatoms. The number of ketones is 1. The molecule has 0 aromatic heterocycles. The average molecular weight is 460 g/mol. The first kappa shape index (κ1) is 25.6. The van der Waals surface area contributed by atoms with E-state index in [1.165, 1.54) is 24.3 Å². The lowest BCUT2D eigenvalue weighted by atomic mass is 10.0. The summed E-state index contributed by atoms with van der Waals surface area (Å²) in [7, 11) is 0. The van der Waals surface area contributed by atoms with Crippen LogP contribution in [0.1, 0.15) is 57.5 Å². The normalized spacial score (nSPS) is 12.2. The Labute approximate surface area is 191 Å². The van der Waals surface area contributed by atoms with E-state index < -0.39 is 40.8 Å². The van der Waals surface area contributed by atoms with Gasteiger partial charge in [-0.1, -0.05) is 5.01 Å². The van der Waals surface area contributed by atoms with E-state index in [2.05, 4.69) is 5.10 Å². The number of amides is 2. The summed E-state index contributed by atoms with van der Waals surface area (Å²) in [5.41, 5.74) is -2.19. The molecule has 2 amide bonds. The van der Waals surface area contributed by atoms with Crippen LogP contribution in [0.3, 0.4) is 0 Å². The molecule has 0 saturated heterocycles. The fourth-order valence-corrected chi connectivity index (χ4v) is 2.45. The number of imide groups is 1. The van der Waals surface area contributed by atoms with Gasteiger partial charge < -0.3 is 9.47 Å². The largest absolute Gasteiger partial charge is 0.442 e. The topological polar surface area (TPSA) is 85.3 Å². The van der Waals surface area contributed by atoms with Gasteiger partial charge in [-0.25, -0.2) is 18.4 Å². The molecular weight excluding hydrogens is 434 g/mol. The molecule has 0 aliphatic heterocycles. The molecule has 0 spiro atoms. The van der Waals surface area contributed by atoms with Crippen LogP contribution in [-0.4, -0.2) is 39.9 Å². The van der Waals surface area contributed by atoms with Crippen molar-refractivity contribution >= 4 is 23.7 Å². The van der Waals surface area contributed by atoms with Crippen molar-refractivity contribution in [2.24, 2.45) is 5.10 Å². The molecule has 0 saturated carbocycles. The van der Waals surface area contributed by atoms with E-state index in [-0.39, 0.29) is 16.8 Å². The summed E-state index contributed by atoms with van der Waals surface area (Å²) in [6.45, 7) is 9.54. The first-order valence-corrected chi connectivity index (χ1v) is 10.1. The number of hydrogen-bond acceptors (Lipinski definition) is 6. The van der Waals surface area contributed by atoms with Crippen molar-refractivity contribution in [1.82, 2.24) is 5.01 Å². The summed E-state index contributed by atoms with van der Waals surface area (Å²) in [6.07, 6.45) is -2.36. The van der Waals surface area contributed by atoms with Crippen LogP contribution >= 0.6 is 0 Å². The van der Waals surface area contributed by atoms with Crippen molar-refractivity contribution in [3.05, 3.63) is 71.3 Å². The number of hydrogen-bond donors (Lipinski definition) is 0. The zero-order valence-electron chi connectivity index (χ0n) is 19.3. The third-order valence-electron chi connectivity index (χ3n) is 3.77. The highest BCUT2D eigenvalue weighted by atomic mass is 19.1. The van der Waals surface area contributed by atoms with Crippen molar-refractivity contribution in [1.29, 1.82) is 0 Å². The van der Waals surface area contributed by atoms with Gasteiger partial charge in [-0.15, -0.1) is 0 Å². The summed E-state index contributed by atoms with van der Waals surface area (Å²) in [6, 6.07) is 9.31. The quantitative estimate of drug-likeness (QED) is 0.331. The van der Waals surface area contributed by atoms with Gasteiger partial charge >= 0.3 is 12.2 Å². The number of halogens is 2. The van der Waals surface area contributed by atoms with Crippen molar-refractivity contribution in [2.75, 3.05) is 0 Å². The minimum Gasteiger partial charge on any atom is -0.442 e. The molecule has 0 heterocycles. The van der Waals surface area contributed by atoms with Gasteiger partial charge in [0.05, 0.1) is 0 Å². The predicted molar refractivity (Wildman–Crippen MR) is 118 cm³/mol. The van der Waals surface area contributed by atoms with E-state index in [4.69, 9.17) is 9.47 Å². The van der Waals surface area contributed by atoms with E-state index in [9.17, 15) is 23.2 Å². The summed E-state index contributed by atoms with van der Waals surface area (Å²) < 4.78 is 37.3. The van der Waals surface area contributed by atoms with Crippen LogP contribution < -0.4 is 0 Å². The van der Waals surface area contributed by atoms with Gasteiger partial charge in [0, 0.05) is 11.1 Å². The maximum absolute atomic E-state index is 13.5.